The number of hydrogen-bond acceptors (Lipinski definition) is 5. The molecule has 2 rings (SSSR count). The molecule has 156 valence electrons. The highest BCUT2D eigenvalue weighted by Crippen LogP contribution is 2.20. The molecule has 0 aliphatic rings. The van der Waals surface area contributed by atoms with Crippen molar-refractivity contribution in [3.63, 3.8) is 0 Å². The SMILES string of the molecule is CCc1nncn1CCNC(=NC)NCc1ccc(C)cc1OCCOC.I. The van der Waals surface area contributed by atoms with Gasteiger partial charge in [0.25, 0.3) is 0 Å². The van der Waals surface area contributed by atoms with Gasteiger partial charge in [0.15, 0.2) is 5.96 Å². The van der Waals surface area contributed by atoms with Crippen LogP contribution in [-0.4, -0.2) is 54.6 Å². The molecule has 1 aromatic carbocycles. The van der Waals surface area contributed by atoms with Gasteiger partial charge in [-0.3, -0.25) is 4.99 Å². The van der Waals surface area contributed by atoms with Crippen molar-refractivity contribution in [1.82, 2.24) is 25.4 Å². The second-order valence-corrected chi connectivity index (χ2v) is 6.10. The predicted molar refractivity (Wildman–Crippen MR) is 122 cm³/mol. The normalized spacial score (nSPS) is 11.1. The molecule has 0 bridgehead atoms. The van der Waals surface area contributed by atoms with Gasteiger partial charge in [-0.2, -0.15) is 0 Å². The number of nitrogens with one attached hydrogen (secondary N) is 2. The van der Waals surface area contributed by atoms with Gasteiger partial charge in [-0.05, 0) is 18.6 Å². The molecule has 0 aliphatic carbocycles. The highest BCUT2D eigenvalue weighted by Gasteiger charge is 2.07. The van der Waals surface area contributed by atoms with Crippen LogP contribution >= 0.6 is 24.0 Å². The van der Waals surface area contributed by atoms with E-state index >= 15 is 0 Å². The lowest BCUT2D eigenvalue weighted by molar-refractivity contribution is 0.145. The van der Waals surface area contributed by atoms with E-state index in [1.807, 2.05) is 10.6 Å². The van der Waals surface area contributed by atoms with Gasteiger partial charge in [0.1, 0.15) is 24.5 Å². The third-order valence-electron chi connectivity index (χ3n) is 4.09. The molecule has 0 amide bonds. The van der Waals surface area contributed by atoms with Gasteiger partial charge in [0.2, 0.25) is 0 Å². The smallest absolute Gasteiger partial charge is 0.191 e. The van der Waals surface area contributed by atoms with Crippen molar-refractivity contribution in [1.29, 1.82) is 0 Å². The molecule has 0 fully saturated rings. The molecule has 0 unspecified atom stereocenters. The number of ether oxygens (including phenoxy) is 2. The first-order valence-electron chi connectivity index (χ1n) is 9.20. The quantitative estimate of drug-likeness (QED) is 0.224. The minimum absolute atomic E-state index is 0. The average Bonchev–Trinajstić information content (AvgIpc) is 3.13. The monoisotopic (exact) mass is 502 g/mol. The fourth-order valence-electron chi connectivity index (χ4n) is 2.61. The Morgan fingerprint density at radius 2 is 2.07 bits per heavy atom. The molecule has 0 saturated carbocycles. The molecule has 1 aromatic heterocycles. The molecule has 0 spiro atoms. The van der Waals surface area contributed by atoms with Crippen LogP contribution in [0.25, 0.3) is 0 Å². The van der Waals surface area contributed by atoms with E-state index in [4.69, 9.17) is 9.47 Å². The van der Waals surface area contributed by atoms with Crippen LogP contribution in [0.15, 0.2) is 29.5 Å². The average molecular weight is 502 g/mol. The van der Waals surface area contributed by atoms with Crippen molar-refractivity contribution in [2.24, 2.45) is 4.99 Å². The maximum atomic E-state index is 5.84. The summed E-state index contributed by atoms with van der Waals surface area (Å²) in [6.45, 7) is 7.35. The number of nitrogens with zero attached hydrogens (tertiary/aromatic N) is 4. The second-order valence-electron chi connectivity index (χ2n) is 6.10. The van der Waals surface area contributed by atoms with Gasteiger partial charge in [-0.25, -0.2) is 0 Å². The van der Waals surface area contributed by atoms with Crippen LogP contribution < -0.4 is 15.4 Å². The summed E-state index contributed by atoms with van der Waals surface area (Å²) in [6, 6.07) is 6.19. The summed E-state index contributed by atoms with van der Waals surface area (Å²) >= 11 is 0. The van der Waals surface area contributed by atoms with Crippen molar-refractivity contribution in [2.75, 3.05) is 33.9 Å². The summed E-state index contributed by atoms with van der Waals surface area (Å²) in [5.41, 5.74) is 2.24. The van der Waals surface area contributed by atoms with Gasteiger partial charge < -0.3 is 24.7 Å². The predicted octanol–water partition coefficient (Wildman–Crippen LogP) is 2.16. The van der Waals surface area contributed by atoms with E-state index in [2.05, 4.69) is 51.8 Å². The number of hydrogen-bond donors (Lipinski definition) is 2. The van der Waals surface area contributed by atoms with E-state index in [-0.39, 0.29) is 24.0 Å². The third-order valence-corrected chi connectivity index (χ3v) is 4.09. The summed E-state index contributed by atoms with van der Waals surface area (Å²) in [7, 11) is 3.43. The number of methoxy groups -OCH3 is 1. The molecule has 2 aromatic rings. The number of aryl methyl sites for hydroxylation is 2. The second kappa shape index (κ2) is 13.3. The van der Waals surface area contributed by atoms with E-state index < -0.39 is 0 Å². The van der Waals surface area contributed by atoms with Crippen molar-refractivity contribution < 1.29 is 9.47 Å². The molecule has 0 radical (unpaired) electrons. The maximum absolute atomic E-state index is 5.84. The number of aromatic nitrogens is 3. The van der Waals surface area contributed by atoms with Crippen LogP contribution in [-0.2, 0) is 24.2 Å². The highest BCUT2D eigenvalue weighted by atomic mass is 127. The lowest BCUT2D eigenvalue weighted by Gasteiger charge is -2.15. The highest BCUT2D eigenvalue weighted by molar-refractivity contribution is 14.0. The van der Waals surface area contributed by atoms with Crippen LogP contribution in [0.4, 0.5) is 0 Å². The Kier molecular flexibility index (Phi) is 11.5. The van der Waals surface area contributed by atoms with Gasteiger partial charge in [-0.15, -0.1) is 34.2 Å². The zero-order valence-electron chi connectivity index (χ0n) is 17.1. The van der Waals surface area contributed by atoms with Crippen molar-refractivity contribution in [3.8, 4) is 5.75 Å². The summed E-state index contributed by atoms with van der Waals surface area (Å²) in [4.78, 5) is 4.28. The number of rotatable bonds is 10. The molecule has 0 aliphatic heterocycles. The minimum Gasteiger partial charge on any atom is -0.491 e. The van der Waals surface area contributed by atoms with Crippen molar-refractivity contribution in [2.45, 2.75) is 33.4 Å². The Morgan fingerprint density at radius 3 is 2.79 bits per heavy atom. The van der Waals surface area contributed by atoms with E-state index in [9.17, 15) is 0 Å². The zero-order chi connectivity index (χ0) is 19.5. The van der Waals surface area contributed by atoms with Crippen LogP contribution in [0.1, 0.15) is 23.9 Å². The first kappa shape index (κ1) is 24.2. The topological polar surface area (TPSA) is 85.6 Å². The van der Waals surface area contributed by atoms with Crippen LogP contribution in [0, 0.1) is 6.92 Å². The maximum Gasteiger partial charge on any atom is 0.191 e. The third kappa shape index (κ3) is 7.63. The van der Waals surface area contributed by atoms with Crippen molar-refractivity contribution >= 4 is 29.9 Å². The summed E-state index contributed by atoms with van der Waals surface area (Å²) in [5.74, 6) is 2.59. The number of aliphatic imine (C=N–C) groups is 1. The van der Waals surface area contributed by atoms with Crippen LogP contribution in [0.2, 0.25) is 0 Å². The standard InChI is InChI=1S/C19H30N6O2.HI/c1-5-18-24-23-14-25(18)9-8-21-19(20-3)22-13-16-7-6-15(2)12-17(16)27-11-10-26-4;/h6-7,12,14H,5,8-11,13H2,1-4H3,(H2,20,21,22);1H. The van der Waals surface area contributed by atoms with E-state index in [0.717, 1.165) is 48.2 Å². The van der Waals surface area contributed by atoms with Gasteiger partial charge in [-0.1, -0.05) is 19.1 Å². The molecule has 2 N–H and O–H groups in total. The number of guanidine groups is 1. The lowest BCUT2D eigenvalue weighted by Crippen LogP contribution is -2.38. The molecule has 8 nitrogen and oxygen atoms in total. The number of halogens is 1. The molecule has 0 atom stereocenters. The Hall–Kier alpha value is -1.88. The first-order chi connectivity index (χ1) is 13.2. The summed E-state index contributed by atoms with van der Waals surface area (Å²) in [6.07, 6.45) is 2.62. The Morgan fingerprint density at radius 1 is 1.25 bits per heavy atom. The number of benzene rings is 1. The Balaban J connectivity index is 0.00000392. The molecule has 1 heterocycles. The fraction of sp³-hybridized carbons (Fsp3) is 0.526. The van der Waals surface area contributed by atoms with Crippen LogP contribution in [0.3, 0.4) is 0 Å². The molecular weight excluding hydrogens is 471 g/mol. The minimum atomic E-state index is 0. The van der Waals surface area contributed by atoms with E-state index in [0.29, 0.717) is 19.8 Å². The largest absolute Gasteiger partial charge is 0.491 e. The first-order valence-corrected chi connectivity index (χ1v) is 9.20. The van der Waals surface area contributed by atoms with Gasteiger partial charge in [0.05, 0.1) is 6.61 Å². The Labute approximate surface area is 184 Å². The fourth-order valence-corrected chi connectivity index (χ4v) is 2.61. The van der Waals surface area contributed by atoms with E-state index in [1.54, 1.807) is 20.5 Å². The summed E-state index contributed by atoms with van der Waals surface area (Å²) in [5, 5.41) is 14.7. The van der Waals surface area contributed by atoms with E-state index in [1.165, 1.54) is 0 Å². The Bertz CT molecular complexity index is 735. The molecule has 9 heteroatoms. The summed E-state index contributed by atoms with van der Waals surface area (Å²) < 4.78 is 12.9. The van der Waals surface area contributed by atoms with Gasteiger partial charge >= 0.3 is 0 Å². The molecule has 28 heavy (non-hydrogen) atoms. The molecule has 0 saturated heterocycles. The van der Waals surface area contributed by atoms with Crippen molar-refractivity contribution in [3.05, 3.63) is 41.5 Å². The zero-order valence-corrected chi connectivity index (χ0v) is 19.4. The van der Waals surface area contributed by atoms with Crippen LogP contribution in [0.5, 0.6) is 5.75 Å². The van der Waals surface area contributed by atoms with Gasteiger partial charge in [0, 0.05) is 45.8 Å². The lowest BCUT2D eigenvalue weighted by atomic mass is 10.1. The molecular formula is C19H31IN6O2.